The van der Waals surface area contributed by atoms with Crippen molar-refractivity contribution in [1.82, 2.24) is 14.5 Å². The molecule has 30 heavy (non-hydrogen) atoms. The maximum Gasteiger partial charge on any atom is 0.419 e. The SMILES string of the molecule is C[Si](C)(C)CCOCn1cc(-c2nc(Cl)ncc2C(F)(F)F)c2ccc(Br)c(Cl)c21. The molecule has 0 saturated carbocycles. The number of rotatable bonds is 6. The molecule has 2 heterocycles. The number of halogens is 6. The van der Waals surface area contributed by atoms with E-state index in [1.807, 2.05) is 0 Å². The molecule has 4 nitrogen and oxygen atoms in total. The molecule has 0 amide bonds. The van der Waals surface area contributed by atoms with E-state index in [1.165, 1.54) is 0 Å². The van der Waals surface area contributed by atoms with E-state index in [-0.39, 0.29) is 23.3 Å². The first-order chi connectivity index (χ1) is 13.9. The second kappa shape index (κ2) is 8.78. The van der Waals surface area contributed by atoms with Gasteiger partial charge in [-0.25, -0.2) is 9.97 Å². The highest BCUT2D eigenvalue weighted by molar-refractivity contribution is 9.10. The molecule has 0 atom stereocenters. The van der Waals surface area contributed by atoms with Crippen LogP contribution >= 0.6 is 39.1 Å². The lowest BCUT2D eigenvalue weighted by atomic mass is 10.1. The van der Waals surface area contributed by atoms with Gasteiger partial charge in [0, 0.05) is 42.5 Å². The Kier molecular flexibility index (Phi) is 6.89. The van der Waals surface area contributed by atoms with Gasteiger partial charge in [-0.2, -0.15) is 13.2 Å². The Morgan fingerprint density at radius 3 is 2.53 bits per heavy atom. The Bertz CT molecular complexity index is 1080. The summed E-state index contributed by atoms with van der Waals surface area (Å²) >= 11 is 15.7. The molecule has 0 aliphatic rings. The molecule has 0 radical (unpaired) electrons. The predicted molar refractivity (Wildman–Crippen MR) is 120 cm³/mol. The summed E-state index contributed by atoms with van der Waals surface area (Å²) in [5, 5.41) is 0.618. The van der Waals surface area contributed by atoms with Gasteiger partial charge in [-0.3, -0.25) is 0 Å². The molecule has 0 N–H and O–H groups in total. The van der Waals surface area contributed by atoms with Crippen molar-refractivity contribution in [2.75, 3.05) is 6.61 Å². The van der Waals surface area contributed by atoms with Crippen LogP contribution in [0.1, 0.15) is 5.56 Å². The van der Waals surface area contributed by atoms with Gasteiger partial charge in [-0.15, -0.1) is 0 Å². The monoisotopic (exact) mass is 539 g/mol. The number of fused-ring (bicyclic) bond motifs is 1. The summed E-state index contributed by atoms with van der Waals surface area (Å²) in [5.41, 5.74) is -0.460. The average molecular weight is 541 g/mol. The van der Waals surface area contributed by atoms with Crippen LogP contribution < -0.4 is 0 Å². The normalized spacial score (nSPS) is 12.7. The smallest absolute Gasteiger partial charge is 0.361 e. The summed E-state index contributed by atoms with van der Waals surface area (Å²) in [6.07, 6.45) is -2.38. The molecule has 0 saturated heterocycles. The Morgan fingerprint density at radius 2 is 1.90 bits per heavy atom. The van der Waals surface area contributed by atoms with Gasteiger partial charge >= 0.3 is 6.18 Å². The van der Waals surface area contributed by atoms with E-state index in [0.717, 1.165) is 6.04 Å². The lowest BCUT2D eigenvalue weighted by Crippen LogP contribution is -2.22. The minimum atomic E-state index is -4.64. The summed E-state index contributed by atoms with van der Waals surface area (Å²) in [4.78, 5) is 7.39. The second-order valence-corrected chi connectivity index (χ2v) is 15.2. The standard InChI is InChI=1S/C19H19BrCl2F3N3OSi/c1-30(2,3)7-6-29-10-28-9-12(11-4-5-14(20)15(21)17(11)28)16-13(19(23,24)25)8-26-18(22)27-16/h4-5,8-9H,6-7,10H2,1-3H3. The minimum absolute atomic E-state index is 0.150. The molecule has 0 aliphatic heterocycles. The van der Waals surface area contributed by atoms with Gasteiger partial charge in [-0.1, -0.05) is 37.3 Å². The molecular weight excluding hydrogens is 522 g/mol. The third kappa shape index (κ3) is 5.19. The average Bonchev–Trinajstić information content (AvgIpc) is 2.99. The Balaban J connectivity index is 2.12. The first-order valence-electron chi connectivity index (χ1n) is 9.03. The number of nitrogens with zero attached hydrogens (tertiary/aromatic N) is 3. The molecule has 0 unspecified atom stereocenters. The molecule has 3 aromatic rings. The summed E-state index contributed by atoms with van der Waals surface area (Å²) in [5.74, 6) is 0. The zero-order valence-electron chi connectivity index (χ0n) is 16.4. The molecule has 0 spiro atoms. The van der Waals surface area contributed by atoms with Crippen LogP contribution in [0.2, 0.25) is 36.0 Å². The molecule has 2 aromatic heterocycles. The van der Waals surface area contributed by atoms with Crippen molar-refractivity contribution < 1.29 is 17.9 Å². The van der Waals surface area contributed by atoms with Gasteiger partial charge in [-0.05, 0) is 39.6 Å². The van der Waals surface area contributed by atoms with Gasteiger partial charge in [0.15, 0.2) is 0 Å². The zero-order valence-corrected chi connectivity index (χ0v) is 20.5. The number of hydrogen-bond acceptors (Lipinski definition) is 3. The molecule has 11 heteroatoms. The Labute approximate surface area is 191 Å². The van der Waals surface area contributed by atoms with Gasteiger partial charge in [0.25, 0.3) is 0 Å². The van der Waals surface area contributed by atoms with Gasteiger partial charge in [0.05, 0.1) is 16.2 Å². The van der Waals surface area contributed by atoms with Crippen molar-refractivity contribution in [1.29, 1.82) is 0 Å². The predicted octanol–water partition coefficient (Wildman–Crippen LogP) is 7.50. The van der Waals surface area contributed by atoms with E-state index < -0.39 is 19.8 Å². The van der Waals surface area contributed by atoms with Crippen molar-refractivity contribution in [2.24, 2.45) is 0 Å². The molecule has 3 rings (SSSR count). The van der Waals surface area contributed by atoms with E-state index in [2.05, 4.69) is 45.5 Å². The van der Waals surface area contributed by atoms with E-state index in [1.54, 1.807) is 22.9 Å². The van der Waals surface area contributed by atoms with Crippen LogP contribution in [-0.2, 0) is 17.6 Å². The summed E-state index contributed by atoms with van der Waals surface area (Å²) in [6, 6.07) is 4.34. The maximum absolute atomic E-state index is 13.6. The summed E-state index contributed by atoms with van der Waals surface area (Å²) in [7, 11) is -1.28. The molecule has 162 valence electrons. The molecule has 0 fully saturated rings. The van der Waals surface area contributed by atoms with E-state index >= 15 is 0 Å². The number of aromatic nitrogens is 3. The van der Waals surface area contributed by atoms with E-state index in [0.29, 0.717) is 33.2 Å². The first kappa shape index (κ1) is 23.5. The van der Waals surface area contributed by atoms with Crippen LogP contribution in [-0.4, -0.2) is 29.2 Å². The first-order valence-corrected chi connectivity index (χ1v) is 14.3. The van der Waals surface area contributed by atoms with E-state index in [4.69, 9.17) is 27.9 Å². The van der Waals surface area contributed by atoms with Crippen LogP contribution in [0.3, 0.4) is 0 Å². The Morgan fingerprint density at radius 1 is 1.20 bits per heavy atom. The van der Waals surface area contributed by atoms with Gasteiger partial charge in [0.2, 0.25) is 5.28 Å². The van der Waals surface area contributed by atoms with Gasteiger partial charge < -0.3 is 9.30 Å². The highest BCUT2D eigenvalue weighted by Gasteiger charge is 2.36. The fraction of sp³-hybridized carbons (Fsp3) is 0.368. The minimum Gasteiger partial charge on any atom is -0.361 e. The maximum atomic E-state index is 13.6. The third-order valence-corrected chi connectivity index (χ3v) is 7.64. The van der Waals surface area contributed by atoms with Crippen molar-refractivity contribution >= 4 is 58.1 Å². The highest BCUT2D eigenvalue weighted by Crippen LogP contribution is 2.42. The molecular formula is C19H19BrCl2F3N3OSi. The van der Waals surface area contributed by atoms with Crippen molar-refractivity contribution in [2.45, 2.75) is 38.6 Å². The van der Waals surface area contributed by atoms with Crippen LogP contribution in [0.4, 0.5) is 13.2 Å². The zero-order chi connectivity index (χ0) is 22.3. The van der Waals surface area contributed by atoms with E-state index in [9.17, 15) is 13.2 Å². The van der Waals surface area contributed by atoms with Crippen LogP contribution in [0.5, 0.6) is 0 Å². The van der Waals surface area contributed by atoms with Crippen molar-refractivity contribution in [3.63, 3.8) is 0 Å². The third-order valence-electron chi connectivity index (χ3n) is 4.48. The summed E-state index contributed by atoms with van der Waals surface area (Å²) in [6.45, 7) is 7.43. The highest BCUT2D eigenvalue weighted by atomic mass is 79.9. The van der Waals surface area contributed by atoms with Crippen LogP contribution in [0, 0.1) is 0 Å². The molecule has 1 aromatic carbocycles. The Hall–Kier alpha value is -1.13. The fourth-order valence-electron chi connectivity index (χ4n) is 2.93. The molecule has 0 aliphatic carbocycles. The largest absolute Gasteiger partial charge is 0.419 e. The second-order valence-electron chi connectivity index (χ2n) is 8.02. The fourth-order valence-corrected chi connectivity index (χ4v) is 4.42. The van der Waals surface area contributed by atoms with Gasteiger partial charge in [0.1, 0.15) is 12.3 Å². The number of hydrogen-bond donors (Lipinski definition) is 0. The number of alkyl halides is 3. The van der Waals surface area contributed by atoms with Crippen molar-refractivity contribution in [3.8, 4) is 11.3 Å². The van der Waals surface area contributed by atoms with Crippen LogP contribution in [0.25, 0.3) is 22.2 Å². The number of benzene rings is 1. The lowest BCUT2D eigenvalue weighted by molar-refractivity contribution is -0.137. The quantitative estimate of drug-likeness (QED) is 0.184. The molecule has 0 bridgehead atoms. The number of ether oxygens (including phenoxy) is 1. The van der Waals surface area contributed by atoms with Crippen molar-refractivity contribution in [3.05, 3.63) is 44.9 Å². The lowest BCUT2D eigenvalue weighted by Gasteiger charge is -2.16. The van der Waals surface area contributed by atoms with Crippen LogP contribution in [0.15, 0.2) is 29.0 Å². The summed E-state index contributed by atoms with van der Waals surface area (Å²) < 4.78 is 48.9. The topological polar surface area (TPSA) is 39.9 Å².